The molecule has 106 valence electrons. The van der Waals surface area contributed by atoms with Gasteiger partial charge in [-0.15, -0.1) is 0 Å². The molecule has 2 rings (SSSR count). The van der Waals surface area contributed by atoms with Crippen LogP contribution in [0, 0.1) is 6.92 Å². The van der Waals surface area contributed by atoms with Gasteiger partial charge in [-0.3, -0.25) is 4.79 Å². The summed E-state index contributed by atoms with van der Waals surface area (Å²) in [6, 6.07) is 5.38. The van der Waals surface area contributed by atoms with E-state index in [9.17, 15) is 13.6 Å². The van der Waals surface area contributed by atoms with Crippen molar-refractivity contribution in [2.24, 2.45) is 0 Å². The number of carbonyl (C=O) groups excluding carboxylic acids is 1. The van der Waals surface area contributed by atoms with Gasteiger partial charge < -0.3 is 14.6 Å². The highest BCUT2D eigenvalue weighted by molar-refractivity contribution is 6.32. The van der Waals surface area contributed by atoms with Crippen LogP contribution in [0.4, 0.5) is 14.5 Å². The minimum Gasteiger partial charge on any atom is -0.433 e. The van der Waals surface area contributed by atoms with Crippen molar-refractivity contribution < 1.29 is 22.8 Å². The fourth-order valence-electron chi connectivity index (χ4n) is 1.44. The molecule has 1 aromatic carbocycles. The third kappa shape index (κ3) is 3.45. The van der Waals surface area contributed by atoms with E-state index >= 15 is 0 Å². The number of carbonyl (C=O) groups is 1. The van der Waals surface area contributed by atoms with Crippen molar-refractivity contribution in [2.45, 2.75) is 13.5 Å². The number of benzene rings is 1. The molecule has 0 aliphatic carbocycles. The van der Waals surface area contributed by atoms with Gasteiger partial charge >= 0.3 is 6.61 Å². The Bertz CT molecular complexity index is 631. The van der Waals surface area contributed by atoms with Crippen LogP contribution in [-0.2, 0) is 0 Å². The first-order chi connectivity index (χ1) is 9.45. The summed E-state index contributed by atoms with van der Waals surface area (Å²) in [5.74, 6) is -0.175. The second-order valence-corrected chi connectivity index (χ2v) is 4.21. The molecule has 1 aromatic heterocycles. The van der Waals surface area contributed by atoms with Gasteiger partial charge in [0, 0.05) is 11.8 Å². The normalized spacial score (nSPS) is 10.7. The van der Waals surface area contributed by atoms with Gasteiger partial charge in [-0.05, 0) is 25.1 Å². The smallest absolute Gasteiger partial charge is 0.387 e. The maximum absolute atomic E-state index is 12.1. The standard InChI is InChI=1S/C12H9ClF2N2O3/c1-6-4-9(17-20-6)11(18)16-7-2-3-10(8(13)5-7)19-12(14)15/h2-5,12H,1H3,(H,16,18). The quantitative estimate of drug-likeness (QED) is 0.939. The first-order valence-corrected chi connectivity index (χ1v) is 5.82. The molecule has 0 atom stereocenters. The molecule has 0 saturated heterocycles. The molecule has 2 aromatic rings. The van der Waals surface area contributed by atoms with Crippen molar-refractivity contribution >= 4 is 23.2 Å². The van der Waals surface area contributed by atoms with E-state index in [2.05, 4.69) is 15.2 Å². The molecular weight excluding hydrogens is 294 g/mol. The van der Waals surface area contributed by atoms with Crippen LogP contribution in [-0.4, -0.2) is 17.7 Å². The minimum atomic E-state index is -2.97. The predicted octanol–water partition coefficient (Wildman–Crippen LogP) is 3.49. The van der Waals surface area contributed by atoms with Crippen LogP contribution < -0.4 is 10.1 Å². The second kappa shape index (κ2) is 5.87. The van der Waals surface area contributed by atoms with Crippen molar-refractivity contribution in [3.63, 3.8) is 0 Å². The molecule has 0 spiro atoms. The lowest BCUT2D eigenvalue weighted by molar-refractivity contribution is -0.0497. The average molecular weight is 303 g/mol. The maximum Gasteiger partial charge on any atom is 0.387 e. The summed E-state index contributed by atoms with van der Waals surface area (Å²) in [4.78, 5) is 11.8. The molecule has 0 radical (unpaired) electrons. The number of alkyl halides is 2. The number of nitrogens with one attached hydrogen (secondary N) is 1. The lowest BCUT2D eigenvalue weighted by Gasteiger charge is -2.08. The molecule has 8 heteroatoms. The number of aryl methyl sites for hydroxylation is 1. The summed E-state index contributed by atoms with van der Waals surface area (Å²) >= 11 is 5.76. The number of hydrogen-bond acceptors (Lipinski definition) is 4. The number of amides is 1. The Morgan fingerprint density at radius 2 is 2.20 bits per heavy atom. The van der Waals surface area contributed by atoms with E-state index in [0.717, 1.165) is 0 Å². The van der Waals surface area contributed by atoms with Gasteiger partial charge in [-0.1, -0.05) is 16.8 Å². The van der Waals surface area contributed by atoms with E-state index in [1.807, 2.05) is 0 Å². The Hall–Kier alpha value is -2.15. The number of halogens is 3. The number of hydrogen-bond donors (Lipinski definition) is 1. The zero-order valence-electron chi connectivity index (χ0n) is 10.2. The Morgan fingerprint density at radius 1 is 1.45 bits per heavy atom. The fraction of sp³-hybridized carbons (Fsp3) is 0.167. The first-order valence-electron chi connectivity index (χ1n) is 5.45. The van der Waals surface area contributed by atoms with E-state index in [-0.39, 0.29) is 16.5 Å². The van der Waals surface area contributed by atoms with Crippen LogP contribution in [0.1, 0.15) is 16.2 Å². The van der Waals surface area contributed by atoms with Gasteiger partial charge in [-0.25, -0.2) is 0 Å². The molecule has 0 unspecified atom stereocenters. The van der Waals surface area contributed by atoms with E-state index in [1.165, 1.54) is 24.3 Å². The van der Waals surface area contributed by atoms with Crippen molar-refractivity contribution in [2.75, 3.05) is 5.32 Å². The van der Waals surface area contributed by atoms with Crippen LogP contribution in [0.3, 0.4) is 0 Å². The minimum absolute atomic E-state index is 0.0422. The largest absolute Gasteiger partial charge is 0.433 e. The zero-order chi connectivity index (χ0) is 14.7. The van der Waals surface area contributed by atoms with Crippen LogP contribution in [0.5, 0.6) is 5.75 Å². The molecule has 0 aliphatic heterocycles. The SMILES string of the molecule is Cc1cc(C(=O)Nc2ccc(OC(F)F)c(Cl)c2)no1. The number of rotatable bonds is 4. The van der Waals surface area contributed by atoms with E-state index in [4.69, 9.17) is 16.1 Å². The van der Waals surface area contributed by atoms with Crippen LogP contribution in [0.15, 0.2) is 28.8 Å². The fourth-order valence-corrected chi connectivity index (χ4v) is 1.66. The molecule has 0 bridgehead atoms. The predicted molar refractivity (Wildman–Crippen MR) is 67.3 cm³/mol. The van der Waals surface area contributed by atoms with Gasteiger partial charge in [0.2, 0.25) is 0 Å². The van der Waals surface area contributed by atoms with Crippen molar-refractivity contribution in [3.8, 4) is 5.75 Å². The van der Waals surface area contributed by atoms with Gasteiger partial charge in [0.25, 0.3) is 5.91 Å². The highest BCUT2D eigenvalue weighted by Crippen LogP contribution is 2.29. The summed E-state index contributed by atoms with van der Waals surface area (Å²) in [6.07, 6.45) is 0. The van der Waals surface area contributed by atoms with E-state index < -0.39 is 12.5 Å². The van der Waals surface area contributed by atoms with Crippen molar-refractivity contribution in [3.05, 3.63) is 40.7 Å². The second-order valence-electron chi connectivity index (χ2n) is 3.80. The van der Waals surface area contributed by atoms with Crippen LogP contribution in [0.2, 0.25) is 5.02 Å². The summed E-state index contributed by atoms with van der Waals surface area (Å²) in [5.41, 5.74) is 0.425. The number of nitrogens with zero attached hydrogens (tertiary/aromatic N) is 1. The maximum atomic E-state index is 12.1. The molecule has 20 heavy (non-hydrogen) atoms. The van der Waals surface area contributed by atoms with Crippen LogP contribution in [0.25, 0.3) is 0 Å². The van der Waals surface area contributed by atoms with Crippen molar-refractivity contribution in [1.82, 2.24) is 5.16 Å². The molecule has 1 heterocycles. The Morgan fingerprint density at radius 3 is 2.75 bits per heavy atom. The van der Waals surface area contributed by atoms with Crippen LogP contribution >= 0.6 is 11.6 Å². The highest BCUT2D eigenvalue weighted by atomic mass is 35.5. The van der Waals surface area contributed by atoms with E-state index in [0.29, 0.717) is 11.4 Å². The lowest BCUT2D eigenvalue weighted by Crippen LogP contribution is -2.12. The Kier molecular flexibility index (Phi) is 4.19. The van der Waals surface area contributed by atoms with Gasteiger partial charge in [0.1, 0.15) is 11.5 Å². The molecule has 5 nitrogen and oxygen atoms in total. The first kappa shape index (κ1) is 14.3. The number of aromatic nitrogens is 1. The average Bonchev–Trinajstić information content (AvgIpc) is 2.79. The third-order valence-corrected chi connectivity index (χ3v) is 2.56. The zero-order valence-corrected chi connectivity index (χ0v) is 10.9. The lowest BCUT2D eigenvalue weighted by atomic mass is 10.3. The van der Waals surface area contributed by atoms with Gasteiger partial charge in [0.15, 0.2) is 5.69 Å². The molecule has 1 N–H and O–H groups in total. The summed E-state index contributed by atoms with van der Waals surface area (Å²) in [5, 5.41) is 6.01. The highest BCUT2D eigenvalue weighted by Gasteiger charge is 2.13. The van der Waals surface area contributed by atoms with Crippen molar-refractivity contribution in [1.29, 1.82) is 0 Å². The number of ether oxygens (including phenoxy) is 1. The molecule has 0 fully saturated rings. The Balaban J connectivity index is 2.10. The van der Waals surface area contributed by atoms with Gasteiger partial charge in [0.05, 0.1) is 5.02 Å². The summed E-state index contributed by atoms with van der Waals surface area (Å²) in [6.45, 7) is -1.32. The molecular formula is C12H9ClF2N2O3. The number of anilines is 1. The topological polar surface area (TPSA) is 64.4 Å². The monoisotopic (exact) mass is 302 g/mol. The van der Waals surface area contributed by atoms with E-state index in [1.54, 1.807) is 6.92 Å². The third-order valence-electron chi connectivity index (χ3n) is 2.27. The molecule has 0 aliphatic rings. The molecule has 0 saturated carbocycles. The summed E-state index contributed by atoms with van der Waals surface area (Å²) < 4.78 is 33.1. The Labute approximate surface area is 117 Å². The molecule has 1 amide bonds. The van der Waals surface area contributed by atoms with Gasteiger partial charge in [-0.2, -0.15) is 8.78 Å². The summed E-state index contributed by atoms with van der Waals surface area (Å²) in [7, 11) is 0.